The second kappa shape index (κ2) is 17.2. The largest absolute Gasteiger partial charge is 0.496 e. The van der Waals surface area contributed by atoms with Crippen molar-refractivity contribution < 1.29 is 46.2 Å². The monoisotopic (exact) mass is 898 g/mol. The molecular weight excluding hydrogens is 843 g/mol. The molecule has 2 N–H and O–H groups in total. The van der Waals surface area contributed by atoms with Gasteiger partial charge in [0.25, 0.3) is 23.1 Å². The summed E-state index contributed by atoms with van der Waals surface area (Å²) in [6.45, 7) is 14.5. The van der Waals surface area contributed by atoms with E-state index in [0.29, 0.717) is 46.6 Å². The van der Waals surface area contributed by atoms with E-state index in [1.807, 2.05) is 24.4 Å². The number of halogens is 2. The molecule has 2 aliphatic carbocycles. The van der Waals surface area contributed by atoms with Gasteiger partial charge in [0.1, 0.15) is 29.2 Å². The van der Waals surface area contributed by atoms with Gasteiger partial charge < -0.3 is 24.6 Å². The number of hydrogen-bond donors (Lipinski definition) is 2. The number of ether oxygens (including phenoxy) is 2. The third-order valence-corrected chi connectivity index (χ3v) is 14.5. The van der Waals surface area contributed by atoms with Crippen molar-refractivity contribution in [1.29, 1.82) is 0 Å². The number of hydrogen-bond acceptors (Lipinski definition) is 10. The quantitative estimate of drug-likeness (QED) is 0.132. The van der Waals surface area contributed by atoms with E-state index in [1.165, 1.54) is 22.3 Å². The molecule has 14 nitrogen and oxygen atoms in total. The Morgan fingerprint density at radius 1 is 1.16 bits per heavy atom. The highest BCUT2D eigenvalue weighted by Gasteiger charge is 2.64. The van der Waals surface area contributed by atoms with E-state index >= 15 is 0 Å². The number of nitrogens with zero attached hydrogens (tertiary/aromatic N) is 5. The smallest absolute Gasteiger partial charge is 0.265 e. The number of amides is 4. The Labute approximate surface area is 367 Å². The van der Waals surface area contributed by atoms with Gasteiger partial charge in [-0.2, -0.15) is 0 Å². The zero-order valence-electron chi connectivity index (χ0n) is 36.2. The predicted octanol–water partition coefficient (Wildman–Crippen LogP) is 6.65. The second-order valence-electron chi connectivity index (χ2n) is 18.5. The van der Waals surface area contributed by atoms with E-state index in [-0.39, 0.29) is 51.1 Å². The Balaban J connectivity index is 1.24. The third-order valence-electron chi connectivity index (χ3n) is 12.5. The topological polar surface area (TPSA) is 172 Å². The lowest BCUT2D eigenvalue weighted by atomic mass is 9.77. The van der Waals surface area contributed by atoms with Crippen LogP contribution in [0.25, 0.3) is 22.3 Å². The van der Waals surface area contributed by atoms with E-state index in [1.54, 1.807) is 33.9 Å². The van der Waals surface area contributed by atoms with E-state index in [0.717, 1.165) is 19.8 Å². The number of pyridine rings is 1. The molecule has 2 saturated carbocycles. The van der Waals surface area contributed by atoms with Crippen molar-refractivity contribution >= 4 is 57.1 Å². The fraction of sp³-hybridized carbons (Fsp3) is 0.591. The van der Waals surface area contributed by atoms with Crippen LogP contribution in [0.4, 0.5) is 8.78 Å². The Morgan fingerprint density at radius 2 is 1.89 bits per heavy atom. The van der Waals surface area contributed by atoms with Crippen LogP contribution in [0.15, 0.2) is 36.2 Å². The zero-order valence-corrected chi connectivity index (χ0v) is 37.9. The van der Waals surface area contributed by atoms with E-state index in [2.05, 4.69) is 25.7 Å². The molecule has 0 spiro atoms. The number of piperidine rings is 1. The summed E-state index contributed by atoms with van der Waals surface area (Å²) in [5.74, 6) is -5.87. The number of nitrogens with one attached hydrogen (secondary N) is 1. The number of rotatable bonds is 14. The van der Waals surface area contributed by atoms with Crippen LogP contribution >= 0.6 is 11.3 Å². The van der Waals surface area contributed by atoms with Crippen LogP contribution in [0.3, 0.4) is 0 Å². The second-order valence-corrected chi connectivity index (χ2v) is 20.2. The number of alkyl halides is 2. The lowest BCUT2D eigenvalue weighted by Gasteiger charge is -2.37. The van der Waals surface area contributed by atoms with Crippen LogP contribution in [0.2, 0.25) is 0 Å². The zero-order chi connectivity index (χ0) is 45.1. The Morgan fingerprint density at radius 3 is 2.47 bits per heavy atom. The highest BCUT2D eigenvalue weighted by Crippen LogP contribution is 2.48. The summed E-state index contributed by atoms with van der Waals surface area (Å²) in [5, 5.41) is 6.40. The molecule has 2 unspecified atom stereocenters. The standard InChI is InChI=1S/C44H56F2N6O8S2/c1-9-26-20-44(26,41(56)52(62(57)58)27-11-12-27)49-38(54)33-17-28(21-51(33)40(55)30(42(5,6)7)18-36(53)50-16-10-15-43(45,46)23-50)60-35-19-31(32-22-61-39(48-32)24(2)3)47-37-25(4)34(59-8)14-13-29(35)37/h9,13-14,19,22,24,26-28,30,33H,1,10-12,15-18,20-21,23H2,2-8H3,(H,49,54)(H,57,58)/t26?,28-,30-,33+,44-/m1/s1. The number of thiazole rings is 1. The molecule has 18 heteroatoms. The van der Waals surface area contributed by atoms with Crippen molar-refractivity contribution in [2.75, 3.05) is 26.7 Å². The number of benzene rings is 1. The van der Waals surface area contributed by atoms with Crippen molar-refractivity contribution in [2.45, 2.75) is 122 Å². The minimum absolute atomic E-state index is 0.0233. The summed E-state index contributed by atoms with van der Waals surface area (Å²) >= 11 is -1.11. The van der Waals surface area contributed by atoms with Crippen LogP contribution < -0.4 is 14.8 Å². The molecule has 4 fully saturated rings. The molecule has 3 aromatic rings. The lowest BCUT2D eigenvalue weighted by Crippen LogP contribution is -2.58. The molecule has 6 atom stereocenters. The highest BCUT2D eigenvalue weighted by molar-refractivity contribution is 7.77. The molecule has 4 aliphatic rings. The van der Waals surface area contributed by atoms with Crippen molar-refractivity contribution in [3.05, 3.63) is 46.8 Å². The molecule has 2 aromatic heterocycles. The SMILES string of the molecule is C=CC1C[C@]1(NC(=O)[C@@H]1C[C@@H](Oc2cc(-c3csc(C(C)C)n3)nc3c(C)c(OC)ccc23)CN1C(=O)[C@@H](CC(=O)N1CCCC(F)(F)C1)C(C)(C)C)C(=O)N(C1CC1)S(=O)O. The maximum atomic E-state index is 15.0. The first-order valence-corrected chi connectivity index (χ1v) is 23.1. The molecule has 62 heavy (non-hydrogen) atoms. The number of likely N-dealkylation sites (tertiary alicyclic amines) is 2. The van der Waals surface area contributed by atoms with Crippen molar-refractivity contribution in [1.82, 2.24) is 29.4 Å². The van der Waals surface area contributed by atoms with Crippen molar-refractivity contribution in [3.8, 4) is 22.9 Å². The summed E-state index contributed by atoms with van der Waals surface area (Å²) in [6.07, 6.45) is 1.40. The fourth-order valence-corrected chi connectivity index (χ4v) is 10.3. The molecule has 336 valence electrons. The van der Waals surface area contributed by atoms with Gasteiger partial charge in [-0.1, -0.05) is 40.7 Å². The predicted molar refractivity (Wildman–Crippen MR) is 231 cm³/mol. The third kappa shape index (κ3) is 9.09. The van der Waals surface area contributed by atoms with Gasteiger partial charge in [0.2, 0.25) is 17.7 Å². The van der Waals surface area contributed by atoms with Gasteiger partial charge >= 0.3 is 0 Å². The van der Waals surface area contributed by atoms with Crippen LogP contribution in [0.1, 0.15) is 96.1 Å². The first kappa shape index (κ1) is 45.5. The Kier molecular flexibility index (Phi) is 12.6. The summed E-state index contributed by atoms with van der Waals surface area (Å²) in [6, 6.07) is 3.77. The van der Waals surface area contributed by atoms with Gasteiger partial charge in [0, 0.05) is 66.1 Å². The summed E-state index contributed by atoms with van der Waals surface area (Å²) in [4.78, 5) is 69.7. The van der Waals surface area contributed by atoms with Crippen LogP contribution in [0, 0.1) is 24.2 Å². The Bertz CT molecular complexity index is 2300. The minimum atomic E-state index is -3.04. The summed E-state index contributed by atoms with van der Waals surface area (Å²) in [5.41, 5.74) is 0.169. The maximum absolute atomic E-state index is 15.0. The average molecular weight is 899 g/mol. The van der Waals surface area contributed by atoms with Gasteiger partial charge in [-0.05, 0) is 50.2 Å². The molecule has 2 aliphatic heterocycles. The van der Waals surface area contributed by atoms with Crippen molar-refractivity contribution in [2.24, 2.45) is 17.3 Å². The summed E-state index contributed by atoms with van der Waals surface area (Å²) < 4.78 is 64.8. The Hall–Kier alpha value is -4.55. The number of fused-ring (bicyclic) bond motifs is 1. The van der Waals surface area contributed by atoms with Gasteiger partial charge in [-0.15, -0.1) is 17.9 Å². The molecule has 1 aromatic carbocycles. The van der Waals surface area contributed by atoms with E-state index in [9.17, 15) is 36.7 Å². The first-order valence-electron chi connectivity index (χ1n) is 21.1. The molecule has 0 radical (unpaired) electrons. The molecular formula is C44H56F2N6O8S2. The molecule has 4 amide bonds. The van der Waals surface area contributed by atoms with Gasteiger partial charge in [-0.25, -0.2) is 27.3 Å². The molecule has 4 heterocycles. The number of carbonyl (C=O) groups is 4. The van der Waals surface area contributed by atoms with Crippen LogP contribution in [0.5, 0.6) is 11.5 Å². The van der Waals surface area contributed by atoms with E-state index < -0.39 is 88.3 Å². The molecule has 7 rings (SSSR count). The first-order chi connectivity index (χ1) is 29.2. The normalized spacial score (nSPS) is 24.4. The number of aryl methyl sites for hydroxylation is 1. The average Bonchev–Trinajstić information content (AvgIpc) is 4.06. The van der Waals surface area contributed by atoms with Gasteiger partial charge in [-0.3, -0.25) is 23.7 Å². The number of methoxy groups -OCH3 is 1. The van der Waals surface area contributed by atoms with Crippen molar-refractivity contribution in [3.63, 3.8) is 0 Å². The number of aromatic nitrogens is 2. The lowest BCUT2D eigenvalue weighted by molar-refractivity contribution is -0.151. The van der Waals surface area contributed by atoms with Crippen LogP contribution in [-0.4, -0.2) is 113 Å². The van der Waals surface area contributed by atoms with Crippen LogP contribution in [-0.2, 0) is 30.4 Å². The summed E-state index contributed by atoms with van der Waals surface area (Å²) in [7, 11) is 1.57. The van der Waals surface area contributed by atoms with Gasteiger partial charge in [0.05, 0.1) is 48.0 Å². The minimum Gasteiger partial charge on any atom is -0.496 e. The van der Waals surface area contributed by atoms with E-state index in [4.69, 9.17) is 19.4 Å². The molecule has 2 saturated heterocycles. The maximum Gasteiger partial charge on any atom is 0.265 e. The fourth-order valence-electron chi connectivity index (χ4n) is 8.69. The number of carbonyl (C=O) groups excluding carboxylic acids is 4. The van der Waals surface area contributed by atoms with Gasteiger partial charge in [0.15, 0.2) is 0 Å². The highest BCUT2D eigenvalue weighted by atomic mass is 32.2. The molecule has 0 bridgehead atoms.